The van der Waals surface area contributed by atoms with Gasteiger partial charge in [-0.15, -0.1) is 0 Å². The molecule has 2 N–H and O–H groups in total. The van der Waals surface area contributed by atoms with Crippen LogP contribution in [0.2, 0.25) is 0 Å². The molecule has 0 saturated heterocycles. The molecule has 6 nitrogen and oxygen atoms in total. The molecule has 0 aliphatic heterocycles. The molecular weight excluding hydrogens is 289 g/mol. The number of carbonyl (C=O) groups is 2. The van der Waals surface area contributed by atoms with Gasteiger partial charge in [-0.2, -0.15) is 5.10 Å². The number of carbonyl (C=O) groups excluding carboxylic acids is 1. The zero-order valence-electron chi connectivity index (χ0n) is 12.2. The molecule has 0 unspecified atom stereocenters. The number of carboxylic acids is 1. The normalized spacial score (nSPS) is 11.2. The van der Waals surface area contributed by atoms with E-state index in [1.807, 2.05) is 0 Å². The maximum Gasteiger partial charge on any atom is 0.325 e. The Hall–Kier alpha value is -2.70. The summed E-state index contributed by atoms with van der Waals surface area (Å²) in [6.45, 7) is 3.14. The van der Waals surface area contributed by atoms with Crippen LogP contribution in [0.4, 0.5) is 10.2 Å². The molecular formula is C15H16FN3O3. The summed E-state index contributed by atoms with van der Waals surface area (Å²) in [4.78, 5) is 23.0. The minimum absolute atomic E-state index is 0.265. The predicted octanol–water partition coefficient (Wildman–Crippen LogP) is 2.02. The number of rotatable bonds is 5. The van der Waals surface area contributed by atoms with Gasteiger partial charge in [0.15, 0.2) is 5.82 Å². The maximum atomic E-state index is 13.0. The van der Waals surface area contributed by atoms with E-state index in [4.69, 9.17) is 5.11 Å². The minimum Gasteiger partial charge on any atom is -0.480 e. The van der Waals surface area contributed by atoms with Crippen LogP contribution in [0.5, 0.6) is 0 Å². The van der Waals surface area contributed by atoms with E-state index in [1.165, 1.54) is 29.1 Å². The molecule has 7 heteroatoms. The Morgan fingerprint density at radius 2 is 1.91 bits per heavy atom. The molecule has 1 amide bonds. The van der Waals surface area contributed by atoms with Gasteiger partial charge in [0.25, 0.3) is 0 Å². The minimum atomic E-state index is -1.02. The molecule has 0 saturated carbocycles. The van der Waals surface area contributed by atoms with Gasteiger partial charge in [0.05, 0.1) is 5.41 Å². The lowest BCUT2D eigenvalue weighted by atomic mass is 9.84. The number of anilines is 1. The van der Waals surface area contributed by atoms with Crippen molar-refractivity contribution in [3.63, 3.8) is 0 Å². The first kappa shape index (κ1) is 15.7. The van der Waals surface area contributed by atoms with Crippen molar-refractivity contribution in [1.29, 1.82) is 0 Å². The smallest absolute Gasteiger partial charge is 0.325 e. The zero-order chi connectivity index (χ0) is 16.3. The van der Waals surface area contributed by atoms with E-state index in [9.17, 15) is 14.0 Å². The summed E-state index contributed by atoms with van der Waals surface area (Å²) in [5, 5.41) is 15.3. The van der Waals surface area contributed by atoms with Crippen LogP contribution in [0.25, 0.3) is 0 Å². The third kappa shape index (κ3) is 3.49. The van der Waals surface area contributed by atoms with E-state index < -0.39 is 11.4 Å². The number of carboxylic acid groups (broad SMARTS) is 1. The van der Waals surface area contributed by atoms with Crippen molar-refractivity contribution in [3.8, 4) is 0 Å². The van der Waals surface area contributed by atoms with Crippen LogP contribution in [0.15, 0.2) is 36.5 Å². The second-order valence-corrected chi connectivity index (χ2v) is 5.38. The van der Waals surface area contributed by atoms with E-state index >= 15 is 0 Å². The molecule has 0 aliphatic rings. The Balaban J connectivity index is 2.11. The lowest BCUT2D eigenvalue weighted by Gasteiger charge is -2.23. The predicted molar refractivity (Wildman–Crippen MR) is 77.9 cm³/mol. The molecule has 0 spiro atoms. The molecule has 0 atom stereocenters. The lowest BCUT2D eigenvalue weighted by molar-refractivity contribution is -0.137. The first-order valence-electron chi connectivity index (χ1n) is 6.62. The highest BCUT2D eigenvalue weighted by molar-refractivity contribution is 5.97. The summed E-state index contributed by atoms with van der Waals surface area (Å²) in [6, 6.07) is 7.22. The molecule has 0 aliphatic carbocycles. The SMILES string of the molecule is CC(C)(C(=O)Nc1ccn(CC(=O)O)n1)c1ccc(F)cc1. The van der Waals surface area contributed by atoms with Crippen LogP contribution in [0.3, 0.4) is 0 Å². The highest BCUT2D eigenvalue weighted by atomic mass is 19.1. The van der Waals surface area contributed by atoms with Crippen LogP contribution in [-0.2, 0) is 21.5 Å². The topological polar surface area (TPSA) is 84.2 Å². The number of hydrogen-bond donors (Lipinski definition) is 2. The largest absolute Gasteiger partial charge is 0.480 e. The van der Waals surface area contributed by atoms with Crippen LogP contribution in [-0.4, -0.2) is 26.8 Å². The Morgan fingerprint density at radius 3 is 2.50 bits per heavy atom. The summed E-state index contributed by atoms with van der Waals surface area (Å²) < 4.78 is 14.2. The molecule has 1 heterocycles. The molecule has 0 radical (unpaired) electrons. The van der Waals surface area contributed by atoms with Gasteiger partial charge < -0.3 is 10.4 Å². The van der Waals surface area contributed by atoms with E-state index in [-0.39, 0.29) is 24.1 Å². The average Bonchev–Trinajstić information content (AvgIpc) is 2.85. The Morgan fingerprint density at radius 1 is 1.27 bits per heavy atom. The van der Waals surface area contributed by atoms with Crippen molar-refractivity contribution in [3.05, 3.63) is 47.9 Å². The molecule has 0 bridgehead atoms. The quantitative estimate of drug-likeness (QED) is 0.885. The second kappa shape index (κ2) is 5.97. The first-order valence-corrected chi connectivity index (χ1v) is 6.62. The summed E-state index contributed by atoms with van der Waals surface area (Å²) in [5.74, 6) is -1.44. The molecule has 2 aromatic rings. The Bertz CT molecular complexity index is 692. The van der Waals surface area contributed by atoms with E-state index in [1.54, 1.807) is 26.0 Å². The fourth-order valence-electron chi connectivity index (χ4n) is 1.93. The standard InChI is InChI=1S/C15H16FN3O3/c1-15(2,10-3-5-11(16)6-4-10)14(22)17-12-7-8-19(18-12)9-13(20)21/h3-8H,9H2,1-2H3,(H,20,21)(H,17,18,22). The molecule has 2 rings (SSSR count). The summed E-state index contributed by atoms with van der Waals surface area (Å²) in [6.07, 6.45) is 1.47. The first-order chi connectivity index (χ1) is 10.3. The number of hydrogen-bond acceptors (Lipinski definition) is 3. The number of aliphatic carboxylic acids is 1. The number of nitrogens with zero attached hydrogens (tertiary/aromatic N) is 2. The van der Waals surface area contributed by atoms with Gasteiger partial charge in [0.2, 0.25) is 5.91 Å². The zero-order valence-corrected chi connectivity index (χ0v) is 12.2. The lowest BCUT2D eigenvalue weighted by Crippen LogP contribution is -2.34. The van der Waals surface area contributed by atoms with Crippen molar-refractivity contribution in [2.24, 2.45) is 0 Å². The highest BCUT2D eigenvalue weighted by Gasteiger charge is 2.30. The van der Waals surface area contributed by atoms with Crippen LogP contribution < -0.4 is 5.32 Å². The van der Waals surface area contributed by atoms with Gasteiger partial charge in [-0.1, -0.05) is 12.1 Å². The third-order valence-electron chi connectivity index (χ3n) is 3.31. The van der Waals surface area contributed by atoms with Crippen molar-refractivity contribution in [1.82, 2.24) is 9.78 Å². The van der Waals surface area contributed by atoms with E-state index in [0.29, 0.717) is 5.56 Å². The van der Waals surface area contributed by atoms with Gasteiger partial charge >= 0.3 is 5.97 Å². The van der Waals surface area contributed by atoms with Crippen molar-refractivity contribution < 1.29 is 19.1 Å². The van der Waals surface area contributed by atoms with Gasteiger partial charge in [-0.25, -0.2) is 4.39 Å². The fraction of sp³-hybridized carbons (Fsp3) is 0.267. The Kier molecular flexibility index (Phi) is 4.25. The van der Waals surface area contributed by atoms with Gasteiger partial charge in [0, 0.05) is 12.3 Å². The monoisotopic (exact) mass is 305 g/mol. The van der Waals surface area contributed by atoms with Gasteiger partial charge in [0.1, 0.15) is 12.4 Å². The third-order valence-corrected chi connectivity index (χ3v) is 3.31. The fourth-order valence-corrected chi connectivity index (χ4v) is 1.93. The maximum absolute atomic E-state index is 13.0. The van der Waals surface area contributed by atoms with E-state index in [0.717, 1.165) is 0 Å². The number of amides is 1. The molecule has 1 aromatic carbocycles. The van der Waals surface area contributed by atoms with Gasteiger partial charge in [-0.3, -0.25) is 14.3 Å². The highest BCUT2D eigenvalue weighted by Crippen LogP contribution is 2.25. The molecule has 22 heavy (non-hydrogen) atoms. The second-order valence-electron chi connectivity index (χ2n) is 5.38. The van der Waals surface area contributed by atoms with Gasteiger partial charge in [-0.05, 0) is 31.5 Å². The number of nitrogens with one attached hydrogen (secondary N) is 1. The number of halogens is 1. The average molecular weight is 305 g/mol. The summed E-state index contributed by atoms with van der Waals surface area (Å²) >= 11 is 0. The van der Waals surface area contributed by atoms with Crippen molar-refractivity contribution >= 4 is 17.7 Å². The summed E-state index contributed by atoms with van der Waals surface area (Å²) in [7, 11) is 0. The molecule has 1 aromatic heterocycles. The van der Waals surface area contributed by atoms with Crippen molar-refractivity contribution in [2.75, 3.05) is 5.32 Å². The summed E-state index contributed by atoms with van der Waals surface area (Å²) in [5.41, 5.74) is -0.221. The van der Waals surface area contributed by atoms with E-state index in [2.05, 4.69) is 10.4 Å². The number of aromatic nitrogens is 2. The van der Waals surface area contributed by atoms with Crippen LogP contribution in [0, 0.1) is 5.82 Å². The van der Waals surface area contributed by atoms with Crippen molar-refractivity contribution in [2.45, 2.75) is 25.8 Å². The Labute approximate surface area is 126 Å². The van der Waals surface area contributed by atoms with Crippen LogP contribution >= 0.6 is 0 Å². The molecule has 116 valence electrons. The number of benzene rings is 1. The molecule has 0 fully saturated rings. The van der Waals surface area contributed by atoms with Crippen LogP contribution in [0.1, 0.15) is 19.4 Å².